The standard InChI is InChI=1S/C20H20ClN3O2/c1-11(25)8-22-9-12-2-5-17-13(6-12)7-18(24-17)14-3-4-16(21)15-10-23-20(26)19(14)15/h2-7,11,22,24-25H,8-10H2,1H3,(H,23,26). The molecule has 5 nitrogen and oxygen atoms in total. The number of carbonyl (C=O) groups is 1. The van der Waals surface area contributed by atoms with Crippen molar-refractivity contribution in [2.75, 3.05) is 6.54 Å². The molecule has 4 rings (SSSR count). The molecule has 6 heteroatoms. The van der Waals surface area contributed by atoms with Crippen LogP contribution in [-0.2, 0) is 13.1 Å². The molecule has 1 aromatic heterocycles. The van der Waals surface area contributed by atoms with E-state index in [1.165, 1.54) is 0 Å². The van der Waals surface area contributed by atoms with Gasteiger partial charge in [0.2, 0.25) is 0 Å². The Hall–Kier alpha value is -2.34. The van der Waals surface area contributed by atoms with Crippen LogP contribution in [-0.4, -0.2) is 28.6 Å². The summed E-state index contributed by atoms with van der Waals surface area (Å²) in [5, 5.41) is 17.1. The van der Waals surface area contributed by atoms with Crippen molar-refractivity contribution in [3.05, 3.63) is 58.1 Å². The molecule has 0 radical (unpaired) electrons. The van der Waals surface area contributed by atoms with Gasteiger partial charge in [-0.15, -0.1) is 0 Å². The molecule has 1 amide bonds. The second kappa shape index (κ2) is 6.76. The average molecular weight is 370 g/mol. The maximum absolute atomic E-state index is 12.2. The van der Waals surface area contributed by atoms with E-state index in [1.54, 1.807) is 6.92 Å². The van der Waals surface area contributed by atoms with Crippen molar-refractivity contribution in [1.29, 1.82) is 0 Å². The van der Waals surface area contributed by atoms with Gasteiger partial charge in [0.15, 0.2) is 0 Å². The van der Waals surface area contributed by atoms with Gasteiger partial charge in [-0.2, -0.15) is 0 Å². The lowest BCUT2D eigenvalue weighted by Crippen LogP contribution is -2.23. The van der Waals surface area contributed by atoms with Crippen LogP contribution in [0.5, 0.6) is 0 Å². The van der Waals surface area contributed by atoms with Crippen molar-refractivity contribution < 1.29 is 9.90 Å². The molecule has 1 aliphatic rings. The number of hydrogen-bond donors (Lipinski definition) is 4. The largest absolute Gasteiger partial charge is 0.392 e. The van der Waals surface area contributed by atoms with Crippen LogP contribution in [0.1, 0.15) is 28.4 Å². The zero-order valence-electron chi connectivity index (χ0n) is 14.4. The number of benzene rings is 2. The first-order chi connectivity index (χ1) is 12.5. The van der Waals surface area contributed by atoms with Gasteiger partial charge < -0.3 is 20.7 Å². The van der Waals surface area contributed by atoms with Crippen LogP contribution in [0.2, 0.25) is 5.02 Å². The molecule has 134 valence electrons. The Labute approximate surface area is 156 Å². The van der Waals surface area contributed by atoms with Crippen LogP contribution >= 0.6 is 11.6 Å². The van der Waals surface area contributed by atoms with E-state index in [2.05, 4.69) is 33.8 Å². The van der Waals surface area contributed by atoms with Gasteiger partial charge in [-0.3, -0.25) is 4.79 Å². The Morgan fingerprint density at radius 1 is 1.27 bits per heavy atom. The van der Waals surface area contributed by atoms with E-state index in [1.807, 2.05) is 18.2 Å². The summed E-state index contributed by atoms with van der Waals surface area (Å²) in [5.74, 6) is -0.0841. The molecule has 1 aliphatic heterocycles. The summed E-state index contributed by atoms with van der Waals surface area (Å²) in [4.78, 5) is 15.6. The Morgan fingerprint density at radius 3 is 2.92 bits per heavy atom. The fourth-order valence-corrected chi connectivity index (χ4v) is 3.62. The number of H-pyrrole nitrogens is 1. The van der Waals surface area contributed by atoms with Gasteiger partial charge in [0.1, 0.15) is 0 Å². The summed E-state index contributed by atoms with van der Waals surface area (Å²) in [6, 6.07) is 12.0. The minimum Gasteiger partial charge on any atom is -0.392 e. The highest BCUT2D eigenvalue weighted by Crippen LogP contribution is 2.34. The van der Waals surface area contributed by atoms with Crippen molar-refractivity contribution in [2.45, 2.75) is 26.1 Å². The molecule has 0 spiro atoms. The highest BCUT2D eigenvalue weighted by Gasteiger charge is 2.26. The van der Waals surface area contributed by atoms with Gasteiger partial charge in [-0.25, -0.2) is 0 Å². The molecule has 0 saturated heterocycles. The maximum Gasteiger partial charge on any atom is 0.252 e. The summed E-state index contributed by atoms with van der Waals surface area (Å²) in [5.41, 5.74) is 5.44. The second-order valence-corrected chi connectivity index (χ2v) is 7.12. The van der Waals surface area contributed by atoms with Crippen molar-refractivity contribution >= 4 is 28.4 Å². The van der Waals surface area contributed by atoms with Crippen LogP contribution in [0.15, 0.2) is 36.4 Å². The van der Waals surface area contributed by atoms with Crippen LogP contribution in [0, 0.1) is 0 Å². The van der Waals surface area contributed by atoms with E-state index in [0.717, 1.165) is 33.3 Å². The third-order valence-electron chi connectivity index (χ3n) is 4.65. The van der Waals surface area contributed by atoms with Crippen molar-refractivity contribution in [3.63, 3.8) is 0 Å². The molecule has 1 unspecified atom stereocenters. The molecule has 1 atom stereocenters. The number of halogens is 1. The number of carbonyl (C=O) groups excluding carboxylic acids is 1. The highest BCUT2D eigenvalue weighted by atomic mass is 35.5. The first kappa shape index (κ1) is 17.1. The number of fused-ring (bicyclic) bond motifs is 2. The lowest BCUT2D eigenvalue weighted by atomic mass is 10.0. The summed E-state index contributed by atoms with van der Waals surface area (Å²) < 4.78 is 0. The summed E-state index contributed by atoms with van der Waals surface area (Å²) >= 11 is 6.24. The first-order valence-corrected chi connectivity index (χ1v) is 9.01. The maximum atomic E-state index is 12.2. The van der Waals surface area contributed by atoms with Crippen molar-refractivity contribution in [1.82, 2.24) is 15.6 Å². The predicted molar refractivity (Wildman–Crippen MR) is 103 cm³/mol. The predicted octanol–water partition coefficient (Wildman–Crippen LogP) is 3.20. The average Bonchev–Trinajstić information content (AvgIpc) is 3.19. The monoisotopic (exact) mass is 369 g/mol. The van der Waals surface area contributed by atoms with Gasteiger partial charge in [0, 0.05) is 52.4 Å². The van der Waals surface area contributed by atoms with Gasteiger partial charge in [0.05, 0.1) is 11.7 Å². The molecule has 0 aliphatic carbocycles. The number of rotatable bonds is 5. The number of amides is 1. The van der Waals surface area contributed by atoms with Crippen LogP contribution in [0.4, 0.5) is 0 Å². The number of aliphatic hydroxyl groups is 1. The Kier molecular flexibility index (Phi) is 4.44. The van der Waals surface area contributed by atoms with E-state index in [-0.39, 0.29) is 12.0 Å². The topological polar surface area (TPSA) is 77.2 Å². The minimum atomic E-state index is -0.365. The quantitative estimate of drug-likeness (QED) is 0.557. The van der Waals surface area contributed by atoms with Gasteiger partial charge >= 0.3 is 0 Å². The molecule has 26 heavy (non-hydrogen) atoms. The molecular formula is C20H20ClN3O2. The molecule has 0 fully saturated rings. The fourth-order valence-electron chi connectivity index (χ4n) is 3.40. The number of nitrogens with one attached hydrogen (secondary N) is 3. The summed E-state index contributed by atoms with van der Waals surface area (Å²) in [7, 11) is 0. The Bertz CT molecular complexity index is 994. The Balaban J connectivity index is 1.69. The van der Waals surface area contributed by atoms with Crippen LogP contribution in [0.3, 0.4) is 0 Å². The SMILES string of the molecule is CC(O)CNCc1ccc2[nH]c(-c3ccc(Cl)c4c3C(=O)NC4)cc2c1. The van der Waals surface area contributed by atoms with E-state index in [9.17, 15) is 9.90 Å². The number of hydrogen-bond acceptors (Lipinski definition) is 3. The third kappa shape index (κ3) is 3.09. The summed E-state index contributed by atoms with van der Waals surface area (Å²) in [6.45, 7) is 3.48. The first-order valence-electron chi connectivity index (χ1n) is 8.63. The van der Waals surface area contributed by atoms with Crippen LogP contribution < -0.4 is 10.6 Å². The van der Waals surface area contributed by atoms with Crippen molar-refractivity contribution in [2.24, 2.45) is 0 Å². The third-order valence-corrected chi connectivity index (χ3v) is 5.01. The zero-order valence-corrected chi connectivity index (χ0v) is 15.2. The smallest absolute Gasteiger partial charge is 0.252 e. The number of aliphatic hydroxyl groups excluding tert-OH is 1. The number of aromatic nitrogens is 1. The molecular weight excluding hydrogens is 350 g/mol. The molecule has 2 heterocycles. The molecule has 3 aromatic rings. The van der Waals surface area contributed by atoms with E-state index < -0.39 is 0 Å². The fraction of sp³-hybridized carbons (Fsp3) is 0.250. The highest BCUT2D eigenvalue weighted by molar-refractivity contribution is 6.32. The van der Waals surface area contributed by atoms with Crippen molar-refractivity contribution in [3.8, 4) is 11.3 Å². The number of aromatic amines is 1. The second-order valence-electron chi connectivity index (χ2n) is 6.72. The van der Waals surface area contributed by atoms with Crippen LogP contribution in [0.25, 0.3) is 22.2 Å². The molecule has 0 saturated carbocycles. The lowest BCUT2D eigenvalue weighted by molar-refractivity contribution is 0.0966. The zero-order chi connectivity index (χ0) is 18.3. The molecule has 0 bridgehead atoms. The Morgan fingerprint density at radius 2 is 2.12 bits per heavy atom. The van der Waals surface area contributed by atoms with E-state index >= 15 is 0 Å². The minimum absolute atomic E-state index is 0.0841. The summed E-state index contributed by atoms with van der Waals surface area (Å²) in [6.07, 6.45) is -0.365. The normalized spacial score (nSPS) is 14.5. The van der Waals surface area contributed by atoms with Gasteiger partial charge in [-0.1, -0.05) is 23.7 Å². The molecule has 4 N–H and O–H groups in total. The van der Waals surface area contributed by atoms with Gasteiger partial charge in [0.25, 0.3) is 5.91 Å². The van der Waals surface area contributed by atoms with E-state index in [4.69, 9.17) is 11.6 Å². The lowest BCUT2D eigenvalue weighted by Gasteiger charge is -2.06. The van der Waals surface area contributed by atoms with E-state index in [0.29, 0.717) is 30.2 Å². The molecule has 2 aromatic carbocycles. The van der Waals surface area contributed by atoms with Gasteiger partial charge in [-0.05, 0) is 36.8 Å².